The summed E-state index contributed by atoms with van der Waals surface area (Å²) in [4.78, 5) is 16.5. The summed E-state index contributed by atoms with van der Waals surface area (Å²) in [6, 6.07) is 6.61. The average molecular weight is 224 g/mol. The maximum atomic E-state index is 11.3. The van der Waals surface area contributed by atoms with E-state index in [2.05, 4.69) is 4.99 Å². The Morgan fingerprint density at radius 1 is 1.47 bits per heavy atom. The Bertz CT molecular complexity index is 444. The van der Waals surface area contributed by atoms with Crippen LogP contribution in [0.4, 0.5) is 4.79 Å². The fourth-order valence-corrected chi connectivity index (χ4v) is 1.86. The second-order valence-corrected chi connectivity index (χ2v) is 3.76. The average Bonchev–Trinajstić information content (AvgIpc) is 2.43. The summed E-state index contributed by atoms with van der Waals surface area (Å²) in [5.74, 6) is 0.288. The number of hydrogen-bond donors (Lipinski definition) is 1. The van der Waals surface area contributed by atoms with E-state index in [4.69, 9.17) is 17.3 Å². The highest BCUT2D eigenvalue weighted by Crippen LogP contribution is 2.30. The minimum atomic E-state index is -0.341. The van der Waals surface area contributed by atoms with Crippen molar-refractivity contribution in [1.82, 2.24) is 4.90 Å². The number of benzene rings is 1. The van der Waals surface area contributed by atoms with Gasteiger partial charge in [0.05, 0.1) is 0 Å². The maximum absolute atomic E-state index is 11.3. The van der Waals surface area contributed by atoms with E-state index in [0.29, 0.717) is 5.02 Å². The fourth-order valence-electron chi connectivity index (χ4n) is 1.62. The number of amides is 2. The number of carbonyl (C=O) groups excluding carboxylic acids is 1. The topological polar surface area (TPSA) is 58.7 Å². The summed E-state index contributed by atoms with van der Waals surface area (Å²) >= 11 is 6.03. The number of urea groups is 1. The van der Waals surface area contributed by atoms with Gasteiger partial charge in [-0.1, -0.05) is 29.8 Å². The van der Waals surface area contributed by atoms with Gasteiger partial charge in [-0.15, -0.1) is 0 Å². The van der Waals surface area contributed by atoms with Crippen LogP contribution in [-0.2, 0) is 0 Å². The first-order valence-corrected chi connectivity index (χ1v) is 4.84. The first kappa shape index (κ1) is 9.98. The van der Waals surface area contributed by atoms with Crippen LogP contribution in [0.3, 0.4) is 0 Å². The van der Waals surface area contributed by atoms with Crippen molar-refractivity contribution in [2.45, 2.75) is 6.04 Å². The largest absolute Gasteiger partial charge is 0.385 e. The van der Waals surface area contributed by atoms with Crippen LogP contribution in [0.25, 0.3) is 0 Å². The monoisotopic (exact) mass is 223 g/mol. The molecule has 0 fully saturated rings. The number of halogens is 1. The SMILES string of the molecule is CN1C(=O)N=C(N)C1c1ccccc1Cl. The fraction of sp³-hybridized carbons (Fsp3) is 0.200. The van der Waals surface area contributed by atoms with Crippen LogP contribution in [0.15, 0.2) is 29.3 Å². The molecular formula is C10H10ClN3O. The lowest BCUT2D eigenvalue weighted by molar-refractivity contribution is 0.219. The molecule has 0 radical (unpaired) electrons. The van der Waals surface area contributed by atoms with Gasteiger partial charge in [0.1, 0.15) is 11.9 Å². The lowest BCUT2D eigenvalue weighted by Crippen LogP contribution is -2.30. The number of aliphatic imine (C=N–C) groups is 1. The van der Waals surface area contributed by atoms with Gasteiger partial charge in [-0.2, -0.15) is 4.99 Å². The molecule has 1 aromatic carbocycles. The number of nitrogens with two attached hydrogens (primary N) is 1. The highest BCUT2D eigenvalue weighted by molar-refractivity contribution is 6.31. The van der Waals surface area contributed by atoms with Crippen LogP contribution in [0.1, 0.15) is 11.6 Å². The van der Waals surface area contributed by atoms with Crippen LogP contribution in [0, 0.1) is 0 Å². The molecule has 1 unspecified atom stereocenters. The summed E-state index contributed by atoms with van der Waals surface area (Å²) in [6.07, 6.45) is 0. The smallest absolute Gasteiger partial charge is 0.345 e. The maximum Gasteiger partial charge on any atom is 0.345 e. The van der Waals surface area contributed by atoms with E-state index in [1.54, 1.807) is 13.1 Å². The minimum Gasteiger partial charge on any atom is -0.385 e. The number of rotatable bonds is 1. The Hall–Kier alpha value is -1.55. The molecule has 5 heteroatoms. The predicted octanol–water partition coefficient (Wildman–Crippen LogP) is 1.80. The van der Waals surface area contributed by atoms with E-state index in [1.165, 1.54) is 4.90 Å². The van der Waals surface area contributed by atoms with Crippen molar-refractivity contribution >= 4 is 23.5 Å². The van der Waals surface area contributed by atoms with Crippen molar-refractivity contribution in [2.75, 3.05) is 7.05 Å². The minimum absolute atomic E-state index is 0.288. The van der Waals surface area contributed by atoms with Crippen molar-refractivity contribution < 1.29 is 4.79 Å². The number of likely N-dealkylation sites (N-methyl/N-ethyl adjacent to an activating group) is 1. The molecule has 0 saturated heterocycles. The van der Waals surface area contributed by atoms with Crippen molar-refractivity contribution in [2.24, 2.45) is 10.7 Å². The summed E-state index contributed by atoms with van der Waals surface area (Å²) in [5, 5.41) is 0.585. The zero-order valence-corrected chi connectivity index (χ0v) is 8.90. The van der Waals surface area contributed by atoms with Gasteiger partial charge in [0.2, 0.25) is 0 Å². The second kappa shape index (κ2) is 3.55. The number of amidine groups is 1. The second-order valence-electron chi connectivity index (χ2n) is 3.35. The van der Waals surface area contributed by atoms with E-state index in [0.717, 1.165) is 5.56 Å². The standard InChI is InChI=1S/C10H10ClN3O/c1-14-8(9(12)13-10(14)15)6-4-2-3-5-7(6)11/h2-5,8H,1H3,(H2,12,13,15). The van der Waals surface area contributed by atoms with E-state index < -0.39 is 0 Å². The van der Waals surface area contributed by atoms with Crippen LogP contribution >= 0.6 is 11.6 Å². The number of nitrogens with zero attached hydrogens (tertiary/aromatic N) is 2. The van der Waals surface area contributed by atoms with E-state index in [1.807, 2.05) is 18.2 Å². The summed E-state index contributed by atoms with van der Waals surface area (Å²) in [6.45, 7) is 0. The molecule has 0 spiro atoms. The van der Waals surface area contributed by atoms with E-state index in [-0.39, 0.29) is 17.9 Å². The molecule has 1 heterocycles. The van der Waals surface area contributed by atoms with Gasteiger partial charge in [-0.05, 0) is 6.07 Å². The molecule has 0 aliphatic carbocycles. The van der Waals surface area contributed by atoms with Gasteiger partial charge in [0.15, 0.2) is 0 Å². The Balaban J connectivity index is 2.45. The van der Waals surface area contributed by atoms with Crippen molar-refractivity contribution in [3.8, 4) is 0 Å². The highest BCUT2D eigenvalue weighted by atomic mass is 35.5. The van der Waals surface area contributed by atoms with Crippen LogP contribution in [-0.4, -0.2) is 23.8 Å². The third kappa shape index (κ3) is 1.57. The molecule has 1 aliphatic heterocycles. The van der Waals surface area contributed by atoms with Crippen molar-refractivity contribution in [3.05, 3.63) is 34.9 Å². The molecule has 0 saturated carbocycles. The summed E-state index contributed by atoms with van der Waals surface area (Å²) in [5.41, 5.74) is 6.49. The molecule has 15 heavy (non-hydrogen) atoms. The van der Waals surface area contributed by atoms with Crippen LogP contribution in [0.2, 0.25) is 5.02 Å². The van der Waals surface area contributed by atoms with E-state index >= 15 is 0 Å². The molecule has 1 atom stereocenters. The van der Waals surface area contributed by atoms with Gasteiger partial charge in [-0.3, -0.25) is 0 Å². The normalized spacial score (nSPS) is 20.7. The Kier molecular flexibility index (Phi) is 2.36. The van der Waals surface area contributed by atoms with Crippen LogP contribution < -0.4 is 5.73 Å². The molecule has 0 aromatic heterocycles. The summed E-state index contributed by atoms with van der Waals surface area (Å²) < 4.78 is 0. The molecule has 2 rings (SSSR count). The third-order valence-corrected chi connectivity index (χ3v) is 2.74. The van der Waals surface area contributed by atoms with Crippen molar-refractivity contribution in [3.63, 3.8) is 0 Å². The number of hydrogen-bond acceptors (Lipinski definition) is 2. The highest BCUT2D eigenvalue weighted by Gasteiger charge is 2.32. The zero-order valence-electron chi connectivity index (χ0n) is 8.14. The van der Waals surface area contributed by atoms with E-state index in [9.17, 15) is 4.79 Å². The van der Waals surface area contributed by atoms with Gasteiger partial charge in [-0.25, -0.2) is 4.79 Å². The Labute approximate surface area is 92.3 Å². The molecule has 2 N–H and O–H groups in total. The first-order valence-electron chi connectivity index (χ1n) is 4.46. The quantitative estimate of drug-likeness (QED) is 0.789. The van der Waals surface area contributed by atoms with Gasteiger partial charge in [0.25, 0.3) is 0 Å². The van der Waals surface area contributed by atoms with Gasteiger partial charge >= 0.3 is 6.03 Å². The van der Waals surface area contributed by atoms with Gasteiger partial charge < -0.3 is 10.6 Å². The summed E-state index contributed by atoms with van der Waals surface area (Å²) in [7, 11) is 1.65. The molecular weight excluding hydrogens is 214 g/mol. The Morgan fingerprint density at radius 2 is 2.13 bits per heavy atom. The number of carbonyl (C=O) groups is 1. The van der Waals surface area contributed by atoms with Crippen molar-refractivity contribution in [1.29, 1.82) is 0 Å². The third-order valence-electron chi connectivity index (χ3n) is 2.39. The predicted molar refractivity (Wildman–Crippen MR) is 59.0 cm³/mol. The molecule has 1 aliphatic rings. The lowest BCUT2D eigenvalue weighted by Gasteiger charge is -2.20. The van der Waals surface area contributed by atoms with Gasteiger partial charge in [0, 0.05) is 17.6 Å². The van der Waals surface area contributed by atoms with Crippen LogP contribution in [0.5, 0.6) is 0 Å². The molecule has 2 amide bonds. The Morgan fingerprint density at radius 3 is 2.67 bits per heavy atom. The zero-order chi connectivity index (χ0) is 11.0. The molecule has 78 valence electrons. The molecule has 4 nitrogen and oxygen atoms in total. The molecule has 0 bridgehead atoms. The lowest BCUT2D eigenvalue weighted by atomic mass is 10.1. The molecule has 1 aromatic rings. The first-order chi connectivity index (χ1) is 7.11.